The van der Waals surface area contributed by atoms with E-state index in [4.69, 9.17) is 0 Å². The van der Waals surface area contributed by atoms with Crippen molar-refractivity contribution >= 4 is 0 Å². The van der Waals surface area contributed by atoms with E-state index in [1.807, 2.05) is 0 Å². The Labute approximate surface area is 74.7 Å². The molecule has 0 radical (unpaired) electrons. The minimum Gasteiger partial charge on any atom is -1.00 e. The monoisotopic (exact) mass is 175 g/mol. The molecule has 11 heavy (non-hydrogen) atoms. The van der Waals surface area contributed by atoms with Crippen LogP contribution >= 0.6 is 0 Å². The summed E-state index contributed by atoms with van der Waals surface area (Å²) < 4.78 is 0. The number of piperazine rings is 1. The SMILES string of the molecule is C1CN(CC2CC2)CCN1.[Cl-]. The van der Waals surface area contributed by atoms with Gasteiger partial charge in [-0.1, -0.05) is 0 Å². The van der Waals surface area contributed by atoms with Gasteiger partial charge < -0.3 is 22.6 Å². The van der Waals surface area contributed by atoms with Crippen molar-refractivity contribution in [2.45, 2.75) is 12.8 Å². The lowest BCUT2D eigenvalue weighted by Gasteiger charge is -2.26. The molecule has 1 saturated heterocycles. The van der Waals surface area contributed by atoms with Crippen molar-refractivity contribution in [2.24, 2.45) is 5.92 Å². The van der Waals surface area contributed by atoms with Gasteiger partial charge >= 0.3 is 0 Å². The Kier molecular flexibility index (Phi) is 3.63. The predicted octanol–water partition coefficient (Wildman–Crippen LogP) is -2.69. The molecule has 0 spiro atoms. The molecular formula is C8H16ClN2-. The maximum Gasteiger partial charge on any atom is 0.0107 e. The zero-order chi connectivity index (χ0) is 6.81. The highest BCUT2D eigenvalue weighted by Crippen LogP contribution is 2.29. The maximum atomic E-state index is 3.37. The predicted molar refractivity (Wildman–Crippen MR) is 42.0 cm³/mol. The molecule has 0 unspecified atom stereocenters. The smallest absolute Gasteiger partial charge is 0.0107 e. The van der Waals surface area contributed by atoms with Crippen LogP contribution in [0.25, 0.3) is 0 Å². The molecular weight excluding hydrogens is 160 g/mol. The lowest BCUT2D eigenvalue weighted by molar-refractivity contribution is -0.00000216. The summed E-state index contributed by atoms with van der Waals surface area (Å²) in [5.41, 5.74) is 0. The molecule has 3 heteroatoms. The first-order valence-corrected chi connectivity index (χ1v) is 4.38. The molecule has 2 fully saturated rings. The Morgan fingerprint density at radius 3 is 2.36 bits per heavy atom. The van der Waals surface area contributed by atoms with Gasteiger partial charge in [-0.15, -0.1) is 0 Å². The summed E-state index contributed by atoms with van der Waals surface area (Å²) in [4.78, 5) is 2.59. The average Bonchev–Trinajstić information content (AvgIpc) is 2.74. The van der Waals surface area contributed by atoms with Gasteiger partial charge in [-0.05, 0) is 18.8 Å². The molecule has 0 atom stereocenters. The number of nitrogens with one attached hydrogen (secondary N) is 1. The molecule has 1 aliphatic carbocycles. The summed E-state index contributed by atoms with van der Waals surface area (Å²) in [6.07, 6.45) is 2.98. The average molecular weight is 176 g/mol. The van der Waals surface area contributed by atoms with Crippen LogP contribution in [0, 0.1) is 5.92 Å². The van der Waals surface area contributed by atoms with Crippen molar-refractivity contribution in [3.63, 3.8) is 0 Å². The van der Waals surface area contributed by atoms with E-state index in [1.165, 1.54) is 45.6 Å². The molecule has 0 aromatic carbocycles. The van der Waals surface area contributed by atoms with E-state index in [1.54, 1.807) is 0 Å². The van der Waals surface area contributed by atoms with E-state index in [-0.39, 0.29) is 12.4 Å². The Hall–Kier alpha value is 0.210. The Bertz CT molecular complexity index is 109. The molecule has 1 N–H and O–H groups in total. The number of rotatable bonds is 2. The van der Waals surface area contributed by atoms with Gasteiger partial charge in [0.25, 0.3) is 0 Å². The van der Waals surface area contributed by atoms with Crippen LogP contribution in [-0.4, -0.2) is 37.6 Å². The molecule has 2 nitrogen and oxygen atoms in total. The lowest BCUT2D eigenvalue weighted by Crippen LogP contribution is -3.00. The Morgan fingerprint density at radius 2 is 1.82 bits per heavy atom. The van der Waals surface area contributed by atoms with Crippen LogP contribution in [0.3, 0.4) is 0 Å². The van der Waals surface area contributed by atoms with Crippen LogP contribution in [0.15, 0.2) is 0 Å². The highest BCUT2D eigenvalue weighted by Gasteiger charge is 2.24. The minimum absolute atomic E-state index is 0. The summed E-state index contributed by atoms with van der Waals surface area (Å²) in [6, 6.07) is 0. The molecule has 0 aromatic heterocycles. The highest BCUT2D eigenvalue weighted by atomic mass is 35.5. The number of hydrogen-bond acceptors (Lipinski definition) is 2. The third-order valence-electron chi connectivity index (χ3n) is 2.42. The van der Waals surface area contributed by atoms with Gasteiger partial charge in [-0.3, -0.25) is 0 Å². The Balaban J connectivity index is 0.000000605. The van der Waals surface area contributed by atoms with Crippen LogP contribution in [0.1, 0.15) is 12.8 Å². The fourth-order valence-electron chi connectivity index (χ4n) is 1.56. The molecule has 1 saturated carbocycles. The van der Waals surface area contributed by atoms with Crippen molar-refractivity contribution in [3.8, 4) is 0 Å². The third kappa shape index (κ3) is 2.97. The lowest BCUT2D eigenvalue weighted by atomic mass is 10.3. The van der Waals surface area contributed by atoms with E-state index in [0.29, 0.717) is 0 Å². The largest absolute Gasteiger partial charge is 1.00 e. The van der Waals surface area contributed by atoms with Gasteiger partial charge in [-0.25, -0.2) is 0 Å². The second-order valence-corrected chi connectivity index (χ2v) is 3.49. The van der Waals surface area contributed by atoms with Gasteiger partial charge in [0, 0.05) is 32.7 Å². The highest BCUT2D eigenvalue weighted by molar-refractivity contribution is 4.79. The van der Waals surface area contributed by atoms with Crippen LogP contribution in [0.2, 0.25) is 0 Å². The van der Waals surface area contributed by atoms with E-state index in [0.717, 1.165) is 5.92 Å². The summed E-state index contributed by atoms with van der Waals surface area (Å²) in [5, 5.41) is 3.37. The minimum atomic E-state index is 0. The maximum absolute atomic E-state index is 3.37. The first-order chi connectivity index (χ1) is 4.95. The number of hydrogen-bond donors (Lipinski definition) is 1. The normalized spacial score (nSPS) is 26.2. The second kappa shape index (κ2) is 4.29. The molecule has 1 aliphatic heterocycles. The van der Waals surface area contributed by atoms with Crippen molar-refractivity contribution in [1.82, 2.24) is 10.2 Å². The van der Waals surface area contributed by atoms with Gasteiger partial charge in [-0.2, -0.15) is 0 Å². The van der Waals surface area contributed by atoms with Crippen molar-refractivity contribution < 1.29 is 12.4 Å². The summed E-state index contributed by atoms with van der Waals surface area (Å²) in [6.45, 7) is 6.33. The molecule has 0 bridgehead atoms. The van der Waals surface area contributed by atoms with Crippen molar-refractivity contribution in [1.29, 1.82) is 0 Å². The van der Waals surface area contributed by atoms with E-state index in [9.17, 15) is 0 Å². The summed E-state index contributed by atoms with van der Waals surface area (Å²) in [7, 11) is 0. The van der Waals surface area contributed by atoms with E-state index in [2.05, 4.69) is 10.2 Å². The fourth-order valence-corrected chi connectivity index (χ4v) is 1.56. The first kappa shape index (κ1) is 9.30. The summed E-state index contributed by atoms with van der Waals surface area (Å²) in [5.74, 6) is 1.07. The second-order valence-electron chi connectivity index (χ2n) is 3.49. The van der Waals surface area contributed by atoms with Gasteiger partial charge in [0.2, 0.25) is 0 Å². The molecule has 1 heterocycles. The third-order valence-corrected chi connectivity index (χ3v) is 2.42. The van der Waals surface area contributed by atoms with Gasteiger partial charge in [0.1, 0.15) is 0 Å². The molecule has 0 amide bonds. The molecule has 66 valence electrons. The number of halogens is 1. The quantitative estimate of drug-likeness (QED) is 0.492. The van der Waals surface area contributed by atoms with Gasteiger partial charge in [0.05, 0.1) is 0 Å². The zero-order valence-electron chi connectivity index (χ0n) is 6.85. The van der Waals surface area contributed by atoms with Crippen LogP contribution in [-0.2, 0) is 0 Å². The Morgan fingerprint density at radius 1 is 1.18 bits per heavy atom. The van der Waals surface area contributed by atoms with E-state index >= 15 is 0 Å². The van der Waals surface area contributed by atoms with Crippen LogP contribution in [0.5, 0.6) is 0 Å². The fraction of sp³-hybridized carbons (Fsp3) is 1.00. The number of nitrogens with zero attached hydrogens (tertiary/aromatic N) is 1. The molecule has 2 aliphatic rings. The van der Waals surface area contributed by atoms with Crippen LogP contribution in [0.4, 0.5) is 0 Å². The first-order valence-electron chi connectivity index (χ1n) is 4.38. The van der Waals surface area contributed by atoms with Crippen molar-refractivity contribution in [3.05, 3.63) is 0 Å². The molecule has 0 aromatic rings. The van der Waals surface area contributed by atoms with Gasteiger partial charge in [0.15, 0.2) is 0 Å². The molecule has 2 rings (SSSR count). The van der Waals surface area contributed by atoms with Crippen LogP contribution < -0.4 is 17.7 Å². The van der Waals surface area contributed by atoms with E-state index < -0.39 is 0 Å². The van der Waals surface area contributed by atoms with Crippen molar-refractivity contribution in [2.75, 3.05) is 32.7 Å². The standard InChI is InChI=1S/C8H16N2.ClH/c1-2-8(1)7-10-5-3-9-4-6-10;/h8-9H,1-7H2;1H/p-1. The topological polar surface area (TPSA) is 15.3 Å². The zero-order valence-corrected chi connectivity index (χ0v) is 7.61. The summed E-state index contributed by atoms with van der Waals surface area (Å²) >= 11 is 0.